The number of thioether (sulfide) groups is 1. The molecule has 1 N–H and O–H groups in total. The quantitative estimate of drug-likeness (QED) is 0.251. The normalized spacial score (nSPS) is 16.0. The van der Waals surface area contributed by atoms with E-state index in [0.29, 0.717) is 35.4 Å². The molecule has 1 aliphatic heterocycles. The van der Waals surface area contributed by atoms with E-state index < -0.39 is 5.25 Å². The lowest BCUT2D eigenvalue weighted by Crippen LogP contribution is -2.31. The van der Waals surface area contributed by atoms with Crippen LogP contribution in [-0.2, 0) is 16.1 Å². The van der Waals surface area contributed by atoms with Crippen LogP contribution in [0.25, 0.3) is 0 Å². The Bertz CT molecular complexity index is 1180. The van der Waals surface area contributed by atoms with Crippen LogP contribution in [0.5, 0.6) is 5.75 Å². The summed E-state index contributed by atoms with van der Waals surface area (Å²) >= 11 is 1.20. The number of amides is 2. The largest absolute Gasteiger partial charge is 0.494 e. The Labute approximate surface area is 208 Å². The third-order valence-electron chi connectivity index (χ3n) is 5.27. The molecule has 180 valence electrons. The molecule has 0 unspecified atom stereocenters. The van der Waals surface area contributed by atoms with Crippen molar-refractivity contribution in [2.45, 2.75) is 31.6 Å². The van der Waals surface area contributed by atoms with Crippen LogP contribution in [0.2, 0.25) is 0 Å². The first-order chi connectivity index (χ1) is 17.0. The van der Waals surface area contributed by atoms with Gasteiger partial charge in [0.25, 0.3) is 0 Å². The number of hydrogen-bond donors (Lipinski definition) is 1. The van der Waals surface area contributed by atoms with Crippen molar-refractivity contribution in [1.29, 1.82) is 0 Å². The van der Waals surface area contributed by atoms with Crippen molar-refractivity contribution in [3.63, 3.8) is 0 Å². The molecule has 0 saturated carbocycles. The van der Waals surface area contributed by atoms with Gasteiger partial charge < -0.3 is 10.1 Å². The molecule has 3 aromatic rings. The number of hydrogen-bond acceptors (Lipinski definition) is 5. The summed E-state index contributed by atoms with van der Waals surface area (Å²) in [6.45, 7) is 3.02. The lowest BCUT2D eigenvalue weighted by molar-refractivity contribution is -0.121. The Hall–Kier alpha value is -3.65. The third kappa shape index (κ3) is 6.48. The average molecular weight is 492 g/mol. The first kappa shape index (κ1) is 24.5. The number of imide groups is 1. The molecule has 0 radical (unpaired) electrons. The van der Waals surface area contributed by atoms with E-state index in [-0.39, 0.29) is 24.1 Å². The number of carbonyl (C=O) groups is 2. The van der Waals surface area contributed by atoms with E-state index >= 15 is 0 Å². The Kier molecular flexibility index (Phi) is 8.15. The van der Waals surface area contributed by atoms with Crippen LogP contribution in [0, 0.1) is 5.82 Å². The van der Waals surface area contributed by atoms with Crippen LogP contribution in [0.3, 0.4) is 0 Å². The van der Waals surface area contributed by atoms with Gasteiger partial charge in [0, 0.05) is 12.1 Å². The highest BCUT2D eigenvalue weighted by atomic mass is 32.2. The molecule has 2 amide bonds. The summed E-state index contributed by atoms with van der Waals surface area (Å²) in [4.78, 5) is 31.8. The van der Waals surface area contributed by atoms with Crippen LogP contribution in [-0.4, -0.2) is 28.8 Å². The molecule has 1 heterocycles. The summed E-state index contributed by atoms with van der Waals surface area (Å²) < 4.78 is 18.9. The van der Waals surface area contributed by atoms with Gasteiger partial charge in [0.15, 0.2) is 5.17 Å². The van der Waals surface area contributed by atoms with Gasteiger partial charge in [-0.25, -0.2) is 9.29 Å². The molecule has 4 rings (SSSR count). The number of benzene rings is 3. The summed E-state index contributed by atoms with van der Waals surface area (Å²) in [6, 6.07) is 22.6. The summed E-state index contributed by atoms with van der Waals surface area (Å²) in [6.07, 6.45) is 0.955. The van der Waals surface area contributed by atoms with E-state index in [0.717, 1.165) is 12.0 Å². The number of halogens is 1. The highest BCUT2D eigenvalue weighted by Crippen LogP contribution is 2.32. The van der Waals surface area contributed by atoms with Crippen molar-refractivity contribution in [2.75, 3.05) is 16.8 Å². The smallest absolute Gasteiger partial charge is 0.247 e. The molecule has 35 heavy (non-hydrogen) atoms. The van der Waals surface area contributed by atoms with Gasteiger partial charge in [0.05, 0.1) is 18.8 Å². The van der Waals surface area contributed by atoms with Gasteiger partial charge in [-0.3, -0.25) is 14.6 Å². The van der Waals surface area contributed by atoms with E-state index in [1.807, 2.05) is 37.3 Å². The van der Waals surface area contributed by atoms with Gasteiger partial charge >= 0.3 is 0 Å². The zero-order valence-corrected chi connectivity index (χ0v) is 20.1. The van der Waals surface area contributed by atoms with E-state index in [1.165, 1.54) is 28.8 Å². The molecule has 3 aromatic carbocycles. The number of amidine groups is 1. The molecule has 8 heteroatoms. The number of rotatable bonds is 8. The Morgan fingerprint density at radius 1 is 1.06 bits per heavy atom. The Balaban J connectivity index is 1.50. The van der Waals surface area contributed by atoms with Crippen molar-refractivity contribution < 1.29 is 18.7 Å². The second-order valence-electron chi connectivity index (χ2n) is 7.96. The minimum atomic E-state index is -0.624. The molecule has 1 atom stereocenters. The van der Waals surface area contributed by atoms with E-state index in [1.54, 1.807) is 36.4 Å². The molecule has 0 spiro atoms. The molecular weight excluding hydrogens is 465 g/mol. The predicted octanol–water partition coefficient (Wildman–Crippen LogP) is 5.65. The predicted molar refractivity (Wildman–Crippen MR) is 138 cm³/mol. The second-order valence-corrected chi connectivity index (χ2v) is 9.15. The fraction of sp³-hybridized carbons (Fsp3) is 0.222. The van der Waals surface area contributed by atoms with Gasteiger partial charge in [0.1, 0.15) is 16.8 Å². The SMILES string of the molecule is CCCOc1ccc(N2C(=O)C[C@H](SC(=NCc3ccccc3)Nc3ccc(F)cc3)C2=O)cc1. The zero-order chi connectivity index (χ0) is 24.6. The molecule has 0 aromatic heterocycles. The fourth-order valence-electron chi connectivity index (χ4n) is 3.52. The number of nitrogens with one attached hydrogen (secondary N) is 1. The van der Waals surface area contributed by atoms with E-state index in [9.17, 15) is 14.0 Å². The first-order valence-corrected chi connectivity index (χ1v) is 12.3. The molecule has 1 aliphatic rings. The topological polar surface area (TPSA) is 71.0 Å². The standard InChI is InChI=1S/C27H26FN3O3S/c1-2-16-34-23-14-12-22(13-15-23)31-25(32)17-24(26(31)33)35-27(29-18-19-6-4-3-5-7-19)30-21-10-8-20(28)9-11-21/h3-15,24H,2,16-18H2,1H3,(H,29,30)/t24-/m0/s1. The van der Waals surface area contributed by atoms with E-state index in [4.69, 9.17) is 4.74 Å². The molecule has 0 aliphatic carbocycles. The second kappa shape index (κ2) is 11.7. The highest BCUT2D eigenvalue weighted by Gasteiger charge is 2.40. The number of anilines is 2. The minimum absolute atomic E-state index is 0.0625. The number of nitrogens with zero attached hydrogens (tertiary/aromatic N) is 2. The Morgan fingerprint density at radius 2 is 1.77 bits per heavy atom. The fourth-order valence-corrected chi connectivity index (χ4v) is 4.54. The van der Waals surface area contributed by atoms with Crippen molar-refractivity contribution >= 4 is 40.1 Å². The summed E-state index contributed by atoms with van der Waals surface area (Å²) in [5, 5.41) is 3.03. The lowest BCUT2D eigenvalue weighted by atomic mass is 10.2. The van der Waals surface area contributed by atoms with Gasteiger partial charge in [-0.05, 0) is 60.5 Å². The molecule has 6 nitrogen and oxygen atoms in total. The van der Waals surface area contributed by atoms with Crippen LogP contribution in [0.1, 0.15) is 25.3 Å². The number of carbonyl (C=O) groups excluding carboxylic acids is 2. The first-order valence-electron chi connectivity index (χ1n) is 11.4. The monoisotopic (exact) mass is 491 g/mol. The average Bonchev–Trinajstić information content (AvgIpc) is 3.16. The molecular formula is C27H26FN3O3S. The highest BCUT2D eigenvalue weighted by molar-refractivity contribution is 8.15. The van der Waals surface area contributed by atoms with Gasteiger partial charge in [0.2, 0.25) is 11.8 Å². The summed E-state index contributed by atoms with van der Waals surface area (Å²) in [7, 11) is 0. The van der Waals surface area contributed by atoms with E-state index in [2.05, 4.69) is 10.3 Å². The Morgan fingerprint density at radius 3 is 2.46 bits per heavy atom. The number of ether oxygens (including phenoxy) is 1. The minimum Gasteiger partial charge on any atom is -0.494 e. The maximum Gasteiger partial charge on any atom is 0.247 e. The van der Waals surface area contributed by atoms with Gasteiger partial charge in [-0.15, -0.1) is 0 Å². The van der Waals surface area contributed by atoms with Crippen molar-refractivity contribution in [3.05, 3.63) is 90.2 Å². The van der Waals surface area contributed by atoms with Gasteiger partial charge in [-0.2, -0.15) is 0 Å². The third-order valence-corrected chi connectivity index (χ3v) is 6.38. The van der Waals surface area contributed by atoms with Crippen molar-refractivity contribution in [1.82, 2.24) is 0 Å². The maximum atomic E-state index is 13.3. The van der Waals surface area contributed by atoms with Crippen molar-refractivity contribution in [2.24, 2.45) is 4.99 Å². The van der Waals surface area contributed by atoms with Crippen LogP contribution in [0.4, 0.5) is 15.8 Å². The van der Waals surface area contributed by atoms with Crippen LogP contribution in [0.15, 0.2) is 83.9 Å². The van der Waals surface area contributed by atoms with Crippen LogP contribution >= 0.6 is 11.8 Å². The van der Waals surface area contributed by atoms with Gasteiger partial charge in [-0.1, -0.05) is 49.0 Å². The van der Waals surface area contributed by atoms with Crippen LogP contribution < -0.4 is 15.0 Å². The molecule has 0 bridgehead atoms. The summed E-state index contributed by atoms with van der Waals surface area (Å²) in [5.74, 6) is -0.210. The summed E-state index contributed by atoms with van der Waals surface area (Å²) in [5.41, 5.74) is 2.16. The zero-order valence-electron chi connectivity index (χ0n) is 19.3. The molecule has 1 fully saturated rings. The lowest BCUT2D eigenvalue weighted by Gasteiger charge is -2.16. The molecule has 1 saturated heterocycles. The van der Waals surface area contributed by atoms with Crippen molar-refractivity contribution in [3.8, 4) is 5.75 Å². The number of aliphatic imine (C=N–C) groups is 1. The maximum absolute atomic E-state index is 13.3.